The van der Waals surface area contributed by atoms with E-state index in [9.17, 15) is 4.79 Å². The summed E-state index contributed by atoms with van der Waals surface area (Å²) in [5.74, 6) is 0.164. The van der Waals surface area contributed by atoms with Crippen LogP contribution in [0.15, 0.2) is 91.0 Å². The van der Waals surface area contributed by atoms with Crippen LogP contribution in [0.25, 0.3) is 0 Å². The molecule has 0 aromatic heterocycles. The van der Waals surface area contributed by atoms with Crippen molar-refractivity contribution in [3.05, 3.63) is 108 Å². The molecule has 0 radical (unpaired) electrons. The van der Waals surface area contributed by atoms with Gasteiger partial charge in [0.05, 0.1) is 5.92 Å². The highest BCUT2D eigenvalue weighted by Crippen LogP contribution is 2.58. The van der Waals surface area contributed by atoms with Gasteiger partial charge in [-0.1, -0.05) is 91.0 Å². The van der Waals surface area contributed by atoms with Gasteiger partial charge in [0, 0.05) is 12.0 Å². The van der Waals surface area contributed by atoms with E-state index in [0.29, 0.717) is 6.54 Å². The van der Waals surface area contributed by atoms with Crippen LogP contribution in [0.2, 0.25) is 0 Å². The Labute approximate surface area is 154 Å². The van der Waals surface area contributed by atoms with Gasteiger partial charge in [0.1, 0.15) is 0 Å². The normalized spacial score (nSPS) is 17.5. The van der Waals surface area contributed by atoms with Crippen LogP contribution in [0, 0.1) is 5.92 Å². The molecule has 1 saturated carbocycles. The first-order chi connectivity index (χ1) is 12.8. The number of carbonyl (C=O) groups excluding carboxylic acids is 1. The fourth-order valence-corrected chi connectivity index (χ4v) is 3.95. The molecule has 0 heterocycles. The van der Waals surface area contributed by atoms with Crippen LogP contribution in [0.3, 0.4) is 0 Å². The number of amides is 1. The minimum Gasteiger partial charge on any atom is -0.355 e. The molecule has 1 N–H and O–H groups in total. The molecular formula is C24H23NO. The maximum Gasteiger partial charge on any atom is 0.224 e. The average Bonchev–Trinajstić information content (AvgIpc) is 3.47. The van der Waals surface area contributed by atoms with Crippen LogP contribution < -0.4 is 5.32 Å². The maximum atomic E-state index is 12.8. The highest BCUT2D eigenvalue weighted by Gasteiger charge is 2.59. The molecule has 1 aliphatic rings. The van der Waals surface area contributed by atoms with E-state index in [-0.39, 0.29) is 17.2 Å². The number of hydrogen-bond donors (Lipinski definition) is 1. The van der Waals surface area contributed by atoms with Crippen LogP contribution in [-0.2, 0) is 16.6 Å². The SMILES string of the molecule is O=C(NCCc1ccccc1)C1CC1(c1ccccc1)c1ccccc1. The minimum absolute atomic E-state index is 0.00285. The first-order valence-electron chi connectivity index (χ1n) is 9.23. The van der Waals surface area contributed by atoms with Gasteiger partial charge in [-0.05, 0) is 29.5 Å². The maximum absolute atomic E-state index is 12.8. The summed E-state index contributed by atoms with van der Waals surface area (Å²) in [7, 11) is 0. The van der Waals surface area contributed by atoms with Crippen LogP contribution in [0.4, 0.5) is 0 Å². The number of hydrogen-bond acceptors (Lipinski definition) is 1. The number of rotatable bonds is 6. The summed E-state index contributed by atoms with van der Waals surface area (Å²) in [5, 5.41) is 3.15. The van der Waals surface area contributed by atoms with E-state index in [4.69, 9.17) is 0 Å². The number of carbonyl (C=O) groups is 1. The Morgan fingerprint density at radius 2 is 1.31 bits per heavy atom. The molecule has 4 rings (SSSR count). The summed E-state index contributed by atoms with van der Waals surface area (Å²) < 4.78 is 0. The van der Waals surface area contributed by atoms with Crippen molar-refractivity contribution in [2.24, 2.45) is 5.92 Å². The molecule has 0 bridgehead atoms. The highest BCUT2D eigenvalue weighted by atomic mass is 16.2. The number of nitrogens with one attached hydrogen (secondary N) is 1. The first kappa shape index (κ1) is 16.6. The summed E-state index contributed by atoms with van der Waals surface area (Å²) in [6.45, 7) is 0.680. The van der Waals surface area contributed by atoms with E-state index in [1.165, 1.54) is 16.7 Å². The van der Waals surface area contributed by atoms with Crippen LogP contribution in [0.1, 0.15) is 23.1 Å². The van der Waals surface area contributed by atoms with Crippen molar-refractivity contribution in [2.75, 3.05) is 6.54 Å². The van der Waals surface area contributed by atoms with Gasteiger partial charge >= 0.3 is 0 Å². The Balaban J connectivity index is 1.49. The third-order valence-electron chi connectivity index (χ3n) is 5.41. The van der Waals surface area contributed by atoms with Gasteiger partial charge in [-0.3, -0.25) is 4.79 Å². The molecule has 1 unspecified atom stereocenters. The molecule has 3 aromatic rings. The lowest BCUT2D eigenvalue weighted by molar-refractivity contribution is -0.122. The third-order valence-corrected chi connectivity index (χ3v) is 5.41. The Morgan fingerprint density at radius 3 is 1.85 bits per heavy atom. The first-order valence-corrected chi connectivity index (χ1v) is 9.23. The standard InChI is InChI=1S/C24H23NO/c26-23(25-17-16-19-10-4-1-5-11-19)22-18-24(22,20-12-6-2-7-13-20)21-14-8-3-9-15-21/h1-15,22H,16-18H2,(H,25,26). The smallest absolute Gasteiger partial charge is 0.224 e. The molecule has 1 aliphatic carbocycles. The second-order valence-electron chi connectivity index (χ2n) is 6.99. The molecule has 1 atom stereocenters. The van der Waals surface area contributed by atoms with E-state index in [1.807, 2.05) is 30.3 Å². The molecule has 2 heteroatoms. The summed E-state index contributed by atoms with van der Waals surface area (Å²) >= 11 is 0. The number of benzene rings is 3. The van der Waals surface area contributed by atoms with E-state index in [2.05, 4.69) is 66.0 Å². The monoisotopic (exact) mass is 341 g/mol. The predicted molar refractivity (Wildman–Crippen MR) is 105 cm³/mol. The Hall–Kier alpha value is -2.87. The van der Waals surface area contributed by atoms with Crippen molar-refractivity contribution in [3.8, 4) is 0 Å². The third kappa shape index (κ3) is 3.15. The van der Waals surface area contributed by atoms with Gasteiger partial charge in [-0.2, -0.15) is 0 Å². The molecule has 0 spiro atoms. The summed E-state index contributed by atoms with van der Waals surface area (Å²) in [6.07, 6.45) is 1.74. The molecule has 1 fully saturated rings. The fraction of sp³-hybridized carbons (Fsp3) is 0.208. The molecule has 0 saturated heterocycles. The van der Waals surface area contributed by atoms with Crippen molar-refractivity contribution in [1.82, 2.24) is 5.32 Å². The van der Waals surface area contributed by atoms with Gasteiger partial charge in [-0.15, -0.1) is 0 Å². The molecule has 26 heavy (non-hydrogen) atoms. The zero-order valence-electron chi connectivity index (χ0n) is 14.8. The zero-order valence-corrected chi connectivity index (χ0v) is 14.8. The van der Waals surface area contributed by atoms with Gasteiger partial charge < -0.3 is 5.32 Å². The summed E-state index contributed by atoms with van der Waals surface area (Å²) in [4.78, 5) is 12.8. The van der Waals surface area contributed by atoms with E-state index >= 15 is 0 Å². The Morgan fingerprint density at radius 1 is 0.808 bits per heavy atom. The van der Waals surface area contributed by atoms with E-state index in [1.54, 1.807) is 0 Å². The fourth-order valence-electron chi connectivity index (χ4n) is 3.95. The van der Waals surface area contributed by atoms with Crippen molar-refractivity contribution in [2.45, 2.75) is 18.3 Å². The molecule has 0 aliphatic heterocycles. The lowest BCUT2D eigenvalue weighted by atomic mass is 9.85. The highest BCUT2D eigenvalue weighted by molar-refractivity contribution is 5.86. The van der Waals surface area contributed by atoms with Gasteiger partial charge in [0.2, 0.25) is 5.91 Å². The summed E-state index contributed by atoms with van der Waals surface area (Å²) in [6, 6.07) is 31.1. The molecule has 130 valence electrons. The predicted octanol–water partition coefficient (Wildman–Crippen LogP) is 4.35. The second-order valence-corrected chi connectivity index (χ2v) is 6.99. The van der Waals surface area contributed by atoms with Crippen molar-refractivity contribution in [1.29, 1.82) is 0 Å². The lowest BCUT2D eigenvalue weighted by Crippen LogP contribution is -2.30. The molecule has 2 nitrogen and oxygen atoms in total. The van der Waals surface area contributed by atoms with Crippen LogP contribution in [0.5, 0.6) is 0 Å². The second kappa shape index (κ2) is 7.17. The van der Waals surface area contributed by atoms with Crippen molar-refractivity contribution >= 4 is 5.91 Å². The average molecular weight is 341 g/mol. The quantitative estimate of drug-likeness (QED) is 0.709. The molecule has 3 aromatic carbocycles. The van der Waals surface area contributed by atoms with Gasteiger partial charge in [0.25, 0.3) is 0 Å². The van der Waals surface area contributed by atoms with Crippen LogP contribution >= 0.6 is 0 Å². The Kier molecular flexibility index (Phi) is 4.57. The van der Waals surface area contributed by atoms with Gasteiger partial charge in [0.15, 0.2) is 0 Å². The Bertz CT molecular complexity index is 819. The summed E-state index contributed by atoms with van der Waals surface area (Å²) in [5.41, 5.74) is 3.53. The van der Waals surface area contributed by atoms with Crippen molar-refractivity contribution in [3.63, 3.8) is 0 Å². The minimum atomic E-state index is -0.181. The lowest BCUT2D eigenvalue weighted by Gasteiger charge is -2.19. The van der Waals surface area contributed by atoms with Gasteiger partial charge in [-0.25, -0.2) is 0 Å². The molecular weight excluding hydrogens is 318 g/mol. The molecule has 1 amide bonds. The van der Waals surface area contributed by atoms with E-state index < -0.39 is 0 Å². The zero-order chi connectivity index (χ0) is 17.8. The van der Waals surface area contributed by atoms with E-state index in [0.717, 1.165) is 12.8 Å². The van der Waals surface area contributed by atoms with Crippen molar-refractivity contribution < 1.29 is 4.79 Å². The van der Waals surface area contributed by atoms with Crippen LogP contribution in [-0.4, -0.2) is 12.5 Å². The largest absolute Gasteiger partial charge is 0.355 e. The topological polar surface area (TPSA) is 29.1 Å².